The molecule has 1 heterocycles. The van der Waals surface area contributed by atoms with Gasteiger partial charge in [0.2, 0.25) is 10.0 Å². The standard InChI is InChI=1S/C30H43N3O4S/c1-29(2,3)37-28(34)33-20-23-16-17-24(21-33)27(23)31-19-18-30(4,25-12-8-6-9-13-25)22-32(5)38(35,36)26-14-10-7-11-15-26/h6-15,23-24,27,31H,16-22H2,1-5H3. The molecule has 2 aromatic carbocycles. The Balaban J connectivity index is 1.42. The zero-order valence-corrected chi connectivity index (χ0v) is 24.2. The van der Waals surface area contributed by atoms with E-state index in [1.807, 2.05) is 49.9 Å². The van der Waals surface area contributed by atoms with Crippen molar-refractivity contribution >= 4 is 16.1 Å². The van der Waals surface area contributed by atoms with Crippen LogP contribution in [0.2, 0.25) is 0 Å². The van der Waals surface area contributed by atoms with Crippen LogP contribution in [0.5, 0.6) is 0 Å². The molecule has 3 unspecified atom stereocenters. The van der Waals surface area contributed by atoms with Crippen molar-refractivity contribution in [1.29, 1.82) is 0 Å². The highest BCUT2D eigenvalue weighted by molar-refractivity contribution is 7.89. The zero-order valence-electron chi connectivity index (χ0n) is 23.4. The van der Waals surface area contributed by atoms with Crippen molar-refractivity contribution in [3.8, 4) is 0 Å². The van der Waals surface area contributed by atoms with Crippen molar-refractivity contribution in [2.45, 2.75) is 68.9 Å². The summed E-state index contributed by atoms with van der Waals surface area (Å²) >= 11 is 0. The number of hydrogen-bond acceptors (Lipinski definition) is 5. The van der Waals surface area contributed by atoms with Crippen molar-refractivity contribution in [2.75, 3.05) is 33.2 Å². The van der Waals surface area contributed by atoms with Gasteiger partial charge in [0.25, 0.3) is 0 Å². The molecule has 4 rings (SSSR count). The van der Waals surface area contributed by atoms with E-state index >= 15 is 0 Å². The first-order valence-corrected chi connectivity index (χ1v) is 15.1. The predicted octanol–water partition coefficient (Wildman–Crippen LogP) is 4.89. The number of carbonyl (C=O) groups excluding carboxylic acids is 1. The lowest BCUT2D eigenvalue weighted by molar-refractivity contribution is 0.0114. The second-order valence-electron chi connectivity index (χ2n) is 12.2. The Morgan fingerprint density at radius 1 is 0.974 bits per heavy atom. The van der Waals surface area contributed by atoms with Crippen LogP contribution in [-0.2, 0) is 20.2 Å². The van der Waals surface area contributed by atoms with E-state index in [1.54, 1.807) is 31.3 Å². The first-order valence-electron chi connectivity index (χ1n) is 13.7. The molecular formula is C30H43N3O4S. The van der Waals surface area contributed by atoms with Crippen LogP contribution in [-0.4, -0.2) is 68.6 Å². The first kappa shape index (κ1) is 28.6. The fourth-order valence-electron chi connectivity index (χ4n) is 6.05. The summed E-state index contributed by atoms with van der Waals surface area (Å²) in [6, 6.07) is 19.2. The Bertz CT molecular complexity index is 1170. The molecule has 1 saturated carbocycles. The summed E-state index contributed by atoms with van der Waals surface area (Å²) in [6.07, 6.45) is 2.79. The Labute approximate surface area is 228 Å². The molecule has 3 atom stereocenters. The largest absolute Gasteiger partial charge is 0.444 e. The molecule has 1 amide bonds. The van der Waals surface area contributed by atoms with E-state index in [9.17, 15) is 13.2 Å². The Morgan fingerprint density at radius 2 is 1.53 bits per heavy atom. The van der Waals surface area contributed by atoms with E-state index in [2.05, 4.69) is 24.4 Å². The third kappa shape index (κ3) is 6.58. The predicted molar refractivity (Wildman–Crippen MR) is 150 cm³/mol. The molecule has 2 fully saturated rings. The number of likely N-dealkylation sites (tertiary alicyclic amines) is 1. The summed E-state index contributed by atoms with van der Waals surface area (Å²) in [5.74, 6) is 0.816. The van der Waals surface area contributed by atoms with Crippen molar-refractivity contribution in [3.05, 3.63) is 66.2 Å². The highest BCUT2D eigenvalue weighted by Crippen LogP contribution is 2.38. The molecule has 2 bridgehead atoms. The third-order valence-corrected chi connectivity index (χ3v) is 9.85. The normalized spacial score (nSPS) is 23.3. The van der Waals surface area contributed by atoms with E-state index in [1.165, 1.54) is 4.31 Å². The number of ether oxygens (including phenoxy) is 1. The molecular weight excluding hydrogens is 498 g/mol. The molecule has 0 radical (unpaired) electrons. The van der Waals surface area contributed by atoms with Crippen molar-refractivity contribution in [1.82, 2.24) is 14.5 Å². The Morgan fingerprint density at radius 3 is 2.08 bits per heavy atom. The molecule has 2 aromatic rings. The van der Waals surface area contributed by atoms with E-state index < -0.39 is 15.6 Å². The highest BCUT2D eigenvalue weighted by atomic mass is 32.2. The number of carbonyl (C=O) groups is 1. The average Bonchev–Trinajstić information content (AvgIpc) is 3.10. The van der Waals surface area contributed by atoms with Crippen LogP contribution < -0.4 is 5.32 Å². The van der Waals surface area contributed by atoms with E-state index in [0.29, 0.717) is 29.3 Å². The minimum atomic E-state index is -3.60. The minimum Gasteiger partial charge on any atom is -0.444 e. The maximum atomic E-state index is 13.3. The molecule has 0 aromatic heterocycles. The first-order chi connectivity index (χ1) is 17.9. The molecule has 1 aliphatic carbocycles. The molecule has 0 spiro atoms. The van der Waals surface area contributed by atoms with Gasteiger partial charge in [0.1, 0.15) is 5.60 Å². The number of likely N-dealkylation sites (N-methyl/N-ethyl adjacent to an activating group) is 1. The van der Waals surface area contributed by atoms with E-state index in [-0.39, 0.29) is 11.5 Å². The van der Waals surface area contributed by atoms with Crippen molar-refractivity contribution < 1.29 is 17.9 Å². The van der Waals surface area contributed by atoms with Crippen LogP contribution in [0.3, 0.4) is 0 Å². The molecule has 1 aliphatic heterocycles. The van der Waals surface area contributed by atoms with E-state index in [4.69, 9.17) is 4.74 Å². The molecule has 8 heteroatoms. The quantitative estimate of drug-likeness (QED) is 0.489. The molecule has 7 nitrogen and oxygen atoms in total. The van der Waals surface area contributed by atoms with Gasteiger partial charge in [-0.1, -0.05) is 55.5 Å². The van der Waals surface area contributed by atoms with Crippen LogP contribution in [0, 0.1) is 11.8 Å². The van der Waals surface area contributed by atoms with Crippen molar-refractivity contribution in [2.24, 2.45) is 11.8 Å². The molecule has 208 valence electrons. The number of piperidine rings is 1. The lowest BCUT2D eigenvalue weighted by Gasteiger charge is -2.40. The van der Waals surface area contributed by atoms with Gasteiger partial charge in [0, 0.05) is 38.1 Å². The van der Waals surface area contributed by atoms with Crippen molar-refractivity contribution in [3.63, 3.8) is 0 Å². The fraction of sp³-hybridized carbons (Fsp3) is 0.567. The summed E-state index contributed by atoms with van der Waals surface area (Å²) in [4.78, 5) is 14.8. The van der Waals surface area contributed by atoms with Gasteiger partial charge >= 0.3 is 6.09 Å². The van der Waals surface area contributed by atoms with Gasteiger partial charge in [-0.15, -0.1) is 0 Å². The second kappa shape index (κ2) is 11.4. The monoisotopic (exact) mass is 541 g/mol. The van der Waals surface area contributed by atoms with Gasteiger partial charge in [-0.05, 0) is 76.1 Å². The lowest BCUT2D eigenvalue weighted by atomic mass is 9.79. The SMILES string of the molecule is CN(CC(C)(CCNC1C2CCC1CN(C(=O)OC(C)(C)C)C2)c1ccccc1)S(=O)(=O)c1ccccc1. The van der Waals surface area contributed by atoms with Gasteiger partial charge in [0.05, 0.1) is 4.90 Å². The van der Waals surface area contributed by atoms with Crippen LogP contribution >= 0.6 is 0 Å². The molecule has 2 aliphatic rings. The van der Waals surface area contributed by atoms with Crippen LogP contribution in [0.25, 0.3) is 0 Å². The topological polar surface area (TPSA) is 79.0 Å². The van der Waals surface area contributed by atoms with Crippen LogP contribution in [0.1, 0.15) is 52.5 Å². The maximum absolute atomic E-state index is 13.3. The second-order valence-corrected chi connectivity index (χ2v) is 14.3. The van der Waals surface area contributed by atoms with Gasteiger partial charge in [-0.3, -0.25) is 0 Å². The summed E-state index contributed by atoms with van der Waals surface area (Å²) in [5, 5.41) is 3.81. The minimum absolute atomic E-state index is 0.216. The fourth-order valence-corrected chi connectivity index (χ4v) is 7.37. The Hall–Kier alpha value is -2.42. The van der Waals surface area contributed by atoms with Gasteiger partial charge < -0.3 is 15.0 Å². The molecule has 38 heavy (non-hydrogen) atoms. The van der Waals surface area contributed by atoms with Crippen LogP contribution in [0.4, 0.5) is 4.79 Å². The maximum Gasteiger partial charge on any atom is 0.410 e. The average molecular weight is 542 g/mol. The highest BCUT2D eigenvalue weighted by Gasteiger charge is 2.44. The number of nitrogens with zero attached hydrogens (tertiary/aromatic N) is 2. The number of fused-ring (bicyclic) bond motifs is 2. The number of rotatable bonds is 9. The number of benzene rings is 2. The van der Waals surface area contributed by atoms with Crippen LogP contribution in [0.15, 0.2) is 65.6 Å². The van der Waals surface area contributed by atoms with E-state index in [0.717, 1.165) is 44.5 Å². The number of hydrogen-bond donors (Lipinski definition) is 1. The molecule has 1 saturated heterocycles. The zero-order chi connectivity index (χ0) is 27.6. The van der Waals surface area contributed by atoms with Gasteiger partial charge in [-0.2, -0.15) is 0 Å². The third-order valence-electron chi connectivity index (χ3n) is 8.04. The number of nitrogens with one attached hydrogen (secondary N) is 1. The number of sulfonamides is 1. The molecule has 1 N–H and O–H groups in total. The summed E-state index contributed by atoms with van der Waals surface area (Å²) in [5.41, 5.74) is 0.259. The lowest BCUT2D eigenvalue weighted by Crippen LogP contribution is -2.54. The summed E-state index contributed by atoms with van der Waals surface area (Å²) in [7, 11) is -1.93. The smallest absolute Gasteiger partial charge is 0.410 e. The summed E-state index contributed by atoms with van der Waals surface area (Å²) in [6.45, 7) is 10.4. The van der Waals surface area contributed by atoms with Gasteiger partial charge in [-0.25, -0.2) is 17.5 Å². The number of amides is 1. The van der Waals surface area contributed by atoms with Gasteiger partial charge in [0.15, 0.2) is 0 Å². The summed E-state index contributed by atoms with van der Waals surface area (Å²) < 4.78 is 33.7. The Kier molecular flexibility index (Phi) is 8.55.